The monoisotopic (exact) mass is 471 g/mol. The van der Waals surface area contributed by atoms with Crippen LogP contribution in [0.5, 0.6) is 5.88 Å². The van der Waals surface area contributed by atoms with Gasteiger partial charge in [0, 0.05) is 11.5 Å². The predicted octanol–water partition coefficient (Wildman–Crippen LogP) is 4.00. The topological polar surface area (TPSA) is 73.7 Å². The largest absolute Gasteiger partial charge is 0.453 e. The highest BCUT2D eigenvalue weighted by Crippen LogP contribution is 2.43. The van der Waals surface area contributed by atoms with Crippen molar-refractivity contribution in [2.45, 2.75) is 50.0 Å². The molecule has 7 heteroatoms. The maximum atomic E-state index is 12.3. The number of hydrogen-bond donors (Lipinski definition) is 0. The first-order chi connectivity index (χ1) is 17.2. The highest BCUT2D eigenvalue weighted by molar-refractivity contribution is 6.30. The van der Waals surface area contributed by atoms with Crippen LogP contribution in [0, 0.1) is 0 Å². The lowest BCUT2D eigenvalue weighted by Crippen LogP contribution is -2.39. The zero-order valence-corrected chi connectivity index (χ0v) is 19.6. The summed E-state index contributed by atoms with van der Waals surface area (Å²) >= 11 is 0. The fourth-order valence-corrected chi connectivity index (χ4v) is 5.90. The molecule has 1 fully saturated rings. The third-order valence-electron chi connectivity index (χ3n) is 7.70. The molecular formula is C28H29N3O4. The molecule has 3 aromatic rings. The summed E-state index contributed by atoms with van der Waals surface area (Å²) in [6.07, 6.45) is 4.17. The van der Waals surface area contributed by atoms with Crippen molar-refractivity contribution in [3.8, 4) is 11.6 Å². The maximum absolute atomic E-state index is 12.3. The number of para-hydroxylation sites is 1. The Morgan fingerprint density at radius 2 is 1.60 bits per heavy atom. The number of rotatable bonds is 5. The molecule has 3 heterocycles. The van der Waals surface area contributed by atoms with E-state index < -0.39 is 11.9 Å². The van der Waals surface area contributed by atoms with Gasteiger partial charge in [0.15, 0.2) is 0 Å². The smallest absolute Gasteiger partial charge is 0.424 e. The Bertz CT molecular complexity index is 1220. The predicted molar refractivity (Wildman–Crippen MR) is 130 cm³/mol. The summed E-state index contributed by atoms with van der Waals surface area (Å²) in [5.74, 6) is -1.10. The van der Waals surface area contributed by atoms with E-state index in [-0.39, 0.29) is 17.9 Å². The highest BCUT2D eigenvalue weighted by Gasteiger charge is 2.42. The van der Waals surface area contributed by atoms with Crippen molar-refractivity contribution < 1.29 is 19.1 Å². The van der Waals surface area contributed by atoms with Gasteiger partial charge < -0.3 is 14.4 Å². The molecule has 0 N–H and O–H groups in total. The lowest BCUT2D eigenvalue weighted by molar-refractivity contribution is -0.168. The molecule has 2 bridgehead atoms. The number of carbonyl (C=O) groups excluding carboxylic acids is 2. The minimum atomic E-state index is -0.996. The lowest BCUT2D eigenvalue weighted by Gasteiger charge is -2.36. The quantitative estimate of drug-likeness (QED) is 0.414. The molecule has 0 spiro atoms. The van der Waals surface area contributed by atoms with E-state index in [0.29, 0.717) is 18.8 Å². The minimum Gasteiger partial charge on any atom is -0.453 e. The Morgan fingerprint density at radius 1 is 0.886 bits per heavy atom. The molecule has 6 rings (SSSR count). The van der Waals surface area contributed by atoms with Gasteiger partial charge in [0.25, 0.3) is 0 Å². The third-order valence-corrected chi connectivity index (χ3v) is 7.70. The summed E-state index contributed by atoms with van der Waals surface area (Å²) in [7, 11) is 0. The van der Waals surface area contributed by atoms with Gasteiger partial charge in [0.2, 0.25) is 5.88 Å². The summed E-state index contributed by atoms with van der Waals surface area (Å²) in [6, 6.07) is 20.6. The summed E-state index contributed by atoms with van der Waals surface area (Å²) < 4.78 is 12.9. The van der Waals surface area contributed by atoms with E-state index in [1.54, 1.807) is 0 Å². The van der Waals surface area contributed by atoms with Crippen LogP contribution in [0.1, 0.15) is 54.3 Å². The number of ether oxygens (including phenoxy) is 2. The summed E-state index contributed by atoms with van der Waals surface area (Å²) in [5, 5.41) is 4.65. The van der Waals surface area contributed by atoms with E-state index in [1.165, 1.54) is 5.56 Å². The second-order valence-electron chi connectivity index (χ2n) is 9.71. The van der Waals surface area contributed by atoms with Crippen molar-refractivity contribution in [1.82, 2.24) is 14.7 Å². The molecule has 1 aliphatic carbocycles. The number of aromatic nitrogens is 2. The third kappa shape index (κ3) is 4.25. The van der Waals surface area contributed by atoms with Gasteiger partial charge in [-0.3, -0.25) is 0 Å². The lowest BCUT2D eigenvalue weighted by atomic mass is 9.81. The van der Waals surface area contributed by atoms with Crippen molar-refractivity contribution in [2.75, 3.05) is 19.6 Å². The van der Waals surface area contributed by atoms with Gasteiger partial charge in [-0.25, -0.2) is 14.3 Å². The fourth-order valence-electron chi connectivity index (χ4n) is 5.90. The zero-order valence-electron chi connectivity index (χ0n) is 19.6. The molecule has 0 amide bonds. The first kappa shape index (κ1) is 22.0. The number of hydrogen-bond acceptors (Lipinski definition) is 6. The normalized spacial score (nSPS) is 22.7. The van der Waals surface area contributed by atoms with Crippen molar-refractivity contribution in [1.29, 1.82) is 0 Å². The van der Waals surface area contributed by atoms with Gasteiger partial charge in [-0.05, 0) is 75.4 Å². The van der Waals surface area contributed by atoms with E-state index >= 15 is 0 Å². The minimum absolute atomic E-state index is 0.0462. The van der Waals surface area contributed by atoms with Gasteiger partial charge in [-0.1, -0.05) is 48.5 Å². The van der Waals surface area contributed by atoms with Gasteiger partial charge >= 0.3 is 11.9 Å². The van der Waals surface area contributed by atoms with Crippen LogP contribution in [0.3, 0.4) is 0 Å². The van der Waals surface area contributed by atoms with E-state index in [4.69, 9.17) is 9.47 Å². The van der Waals surface area contributed by atoms with Crippen molar-refractivity contribution in [3.05, 3.63) is 77.5 Å². The number of nitrogens with zero attached hydrogens (tertiary/aromatic N) is 3. The molecule has 2 unspecified atom stereocenters. The second kappa shape index (κ2) is 9.30. The Kier molecular flexibility index (Phi) is 5.86. The van der Waals surface area contributed by atoms with Gasteiger partial charge in [0.1, 0.15) is 6.10 Å². The molecule has 2 atom stereocenters. The van der Waals surface area contributed by atoms with Crippen LogP contribution >= 0.6 is 0 Å². The van der Waals surface area contributed by atoms with Gasteiger partial charge in [-0.15, -0.1) is 5.10 Å². The molecule has 3 aliphatic rings. The van der Waals surface area contributed by atoms with Crippen molar-refractivity contribution >= 4 is 11.9 Å². The Labute approximate surface area is 204 Å². The summed E-state index contributed by atoms with van der Waals surface area (Å²) in [4.78, 5) is 27.1. The van der Waals surface area contributed by atoms with Crippen LogP contribution < -0.4 is 4.74 Å². The highest BCUT2D eigenvalue weighted by atomic mass is 16.6. The van der Waals surface area contributed by atoms with E-state index in [9.17, 15) is 9.59 Å². The molecule has 1 aromatic heterocycles. The number of carbonyl (C=O) groups is 2. The van der Waals surface area contributed by atoms with Crippen LogP contribution in [0.4, 0.5) is 0 Å². The molecule has 2 aliphatic heterocycles. The standard InChI is InChI=1S/C28H29N3O4/c32-27-28(33)35-26-25-22(15-18-30-16-13-20(14-17-30)19-7-3-1-4-8-19)24(34-27)12-11-23(25)31(29-26)21-9-5-2-6-10-21/h1-10,20,22,24H,11-18H2. The van der Waals surface area contributed by atoms with Gasteiger partial charge in [-0.2, -0.15) is 0 Å². The van der Waals surface area contributed by atoms with Crippen LogP contribution in [-0.2, 0) is 20.7 Å². The molecule has 2 aromatic carbocycles. The molecule has 35 heavy (non-hydrogen) atoms. The number of likely N-dealkylation sites (tertiary alicyclic amines) is 1. The Morgan fingerprint density at radius 3 is 2.34 bits per heavy atom. The van der Waals surface area contributed by atoms with Crippen molar-refractivity contribution in [2.24, 2.45) is 0 Å². The van der Waals surface area contributed by atoms with E-state index in [2.05, 4.69) is 40.3 Å². The first-order valence-electron chi connectivity index (χ1n) is 12.5. The maximum Gasteiger partial charge on any atom is 0.424 e. The second-order valence-corrected chi connectivity index (χ2v) is 9.71. The van der Waals surface area contributed by atoms with Gasteiger partial charge in [0.05, 0.1) is 11.4 Å². The first-order valence-corrected chi connectivity index (χ1v) is 12.5. The molecule has 7 nitrogen and oxygen atoms in total. The van der Waals surface area contributed by atoms with Crippen LogP contribution in [-0.4, -0.2) is 52.4 Å². The zero-order chi connectivity index (χ0) is 23.8. The average Bonchev–Trinajstić information content (AvgIpc) is 3.26. The van der Waals surface area contributed by atoms with Crippen LogP contribution in [0.15, 0.2) is 60.7 Å². The SMILES string of the molecule is O=C1Oc2nn(-c3ccccc3)c3c2C(CCN2CCC(c4ccccc4)CC2)C(CC3)OC1=O. The van der Waals surface area contributed by atoms with Crippen LogP contribution in [0.2, 0.25) is 0 Å². The number of esters is 2. The van der Waals surface area contributed by atoms with Crippen molar-refractivity contribution in [3.63, 3.8) is 0 Å². The van der Waals surface area contributed by atoms with E-state index in [0.717, 1.165) is 55.8 Å². The Balaban J connectivity index is 1.23. The molecule has 0 radical (unpaired) electrons. The number of benzene rings is 2. The molecule has 0 saturated carbocycles. The fraction of sp³-hybridized carbons (Fsp3) is 0.393. The average molecular weight is 472 g/mol. The Hall–Kier alpha value is -3.45. The van der Waals surface area contributed by atoms with E-state index in [1.807, 2.05) is 35.0 Å². The number of fused-ring (bicyclic) bond motifs is 1. The van der Waals surface area contributed by atoms with Crippen LogP contribution in [0.25, 0.3) is 5.69 Å². The molecular weight excluding hydrogens is 442 g/mol. The molecule has 1 saturated heterocycles. The summed E-state index contributed by atoms with van der Waals surface area (Å²) in [6.45, 7) is 3.01. The summed E-state index contributed by atoms with van der Waals surface area (Å²) in [5.41, 5.74) is 4.31. The number of piperidine rings is 1. The molecule has 180 valence electrons.